The summed E-state index contributed by atoms with van der Waals surface area (Å²) in [4.78, 5) is 4.41. The van der Waals surface area contributed by atoms with E-state index >= 15 is 0 Å². The molecule has 0 N–H and O–H groups in total. The van der Waals surface area contributed by atoms with Crippen molar-refractivity contribution in [3.63, 3.8) is 0 Å². The Morgan fingerprint density at radius 2 is 1.94 bits per heavy atom. The topological polar surface area (TPSA) is 21.1 Å². The molecule has 0 spiro atoms. The summed E-state index contributed by atoms with van der Waals surface area (Å²) in [6, 6.07) is 7.84. The quantitative estimate of drug-likeness (QED) is 0.607. The van der Waals surface area contributed by atoms with Crippen LogP contribution in [0.15, 0.2) is 55.8 Å². The Labute approximate surface area is 112 Å². The van der Waals surface area contributed by atoms with Gasteiger partial charge in [0.15, 0.2) is 5.65 Å². The molecule has 0 aliphatic rings. The van der Waals surface area contributed by atoms with E-state index in [4.69, 9.17) is 12.2 Å². The standard InChI is InChI=1S/C14H15N3S/c1-3-10-16(11-4-2)17-13(18)8-7-12-6-5-9-15-14(12)17/h3-9H,1-2,10-11H2. The van der Waals surface area contributed by atoms with Crippen LogP contribution in [0.3, 0.4) is 0 Å². The van der Waals surface area contributed by atoms with Gasteiger partial charge in [0.1, 0.15) is 4.64 Å². The van der Waals surface area contributed by atoms with E-state index in [-0.39, 0.29) is 0 Å². The summed E-state index contributed by atoms with van der Waals surface area (Å²) in [7, 11) is 0. The van der Waals surface area contributed by atoms with Crippen molar-refractivity contribution in [1.82, 2.24) is 9.66 Å². The van der Waals surface area contributed by atoms with Gasteiger partial charge in [0, 0.05) is 11.6 Å². The van der Waals surface area contributed by atoms with Gasteiger partial charge >= 0.3 is 0 Å². The first-order chi connectivity index (χ1) is 8.77. The van der Waals surface area contributed by atoms with Crippen LogP contribution < -0.4 is 5.01 Å². The van der Waals surface area contributed by atoms with E-state index in [1.165, 1.54) is 0 Å². The molecule has 2 heterocycles. The molecular weight excluding hydrogens is 242 g/mol. The van der Waals surface area contributed by atoms with Crippen LogP contribution in [0.4, 0.5) is 0 Å². The molecule has 3 nitrogen and oxygen atoms in total. The molecule has 92 valence electrons. The number of aromatic nitrogens is 2. The van der Waals surface area contributed by atoms with Gasteiger partial charge in [0.05, 0.1) is 13.1 Å². The van der Waals surface area contributed by atoms with Crippen molar-refractivity contribution in [2.45, 2.75) is 0 Å². The minimum atomic E-state index is 0.690. The fraction of sp³-hybridized carbons (Fsp3) is 0.143. The first-order valence-electron chi connectivity index (χ1n) is 5.71. The zero-order valence-corrected chi connectivity index (χ0v) is 10.9. The van der Waals surface area contributed by atoms with E-state index in [2.05, 4.69) is 23.2 Å². The molecule has 0 saturated carbocycles. The minimum Gasteiger partial charge on any atom is -0.302 e. The lowest BCUT2D eigenvalue weighted by atomic mass is 10.3. The monoisotopic (exact) mass is 257 g/mol. The third kappa shape index (κ3) is 2.33. The Kier molecular flexibility index (Phi) is 3.89. The Morgan fingerprint density at radius 1 is 1.22 bits per heavy atom. The summed E-state index contributed by atoms with van der Waals surface area (Å²) in [5.41, 5.74) is 0.855. The average Bonchev–Trinajstić information content (AvgIpc) is 2.38. The third-order valence-electron chi connectivity index (χ3n) is 2.59. The zero-order valence-electron chi connectivity index (χ0n) is 10.1. The summed E-state index contributed by atoms with van der Waals surface area (Å²) in [5, 5.41) is 3.11. The summed E-state index contributed by atoms with van der Waals surface area (Å²) < 4.78 is 2.67. The molecule has 0 amide bonds. The van der Waals surface area contributed by atoms with E-state index in [0.29, 0.717) is 13.1 Å². The molecule has 0 aliphatic carbocycles. The maximum Gasteiger partial charge on any atom is 0.159 e. The summed E-state index contributed by atoms with van der Waals surface area (Å²) >= 11 is 5.40. The van der Waals surface area contributed by atoms with E-state index < -0.39 is 0 Å². The van der Waals surface area contributed by atoms with Gasteiger partial charge in [-0.1, -0.05) is 24.4 Å². The number of nitrogens with zero attached hydrogens (tertiary/aromatic N) is 3. The SMILES string of the molecule is C=CCN(CC=C)n1c(=S)ccc2cccnc21. The van der Waals surface area contributed by atoms with Crippen molar-refractivity contribution in [3.8, 4) is 0 Å². The molecule has 4 heteroatoms. The van der Waals surface area contributed by atoms with Crippen molar-refractivity contribution in [1.29, 1.82) is 0 Å². The van der Waals surface area contributed by atoms with Crippen LogP contribution >= 0.6 is 12.2 Å². The van der Waals surface area contributed by atoms with Gasteiger partial charge in [0.2, 0.25) is 0 Å². The summed E-state index contributed by atoms with van der Waals surface area (Å²) in [5.74, 6) is 0. The van der Waals surface area contributed by atoms with Crippen molar-refractivity contribution in [3.05, 3.63) is 60.4 Å². The Morgan fingerprint density at radius 3 is 2.61 bits per heavy atom. The second kappa shape index (κ2) is 5.60. The predicted octanol–water partition coefficient (Wildman–Crippen LogP) is 3.08. The van der Waals surface area contributed by atoms with Gasteiger partial charge in [0.25, 0.3) is 0 Å². The maximum atomic E-state index is 5.40. The van der Waals surface area contributed by atoms with Crippen LogP contribution in [-0.2, 0) is 0 Å². The van der Waals surface area contributed by atoms with E-state index in [1.807, 2.05) is 41.1 Å². The highest BCUT2D eigenvalue weighted by Crippen LogP contribution is 2.12. The highest BCUT2D eigenvalue weighted by Gasteiger charge is 2.07. The normalized spacial score (nSPS) is 10.2. The maximum absolute atomic E-state index is 5.40. The van der Waals surface area contributed by atoms with E-state index in [0.717, 1.165) is 15.7 Å². The first-order valence-corrected chi connectivity index (χ1v) is 6.12. The molecule has 0 aliphatic heterocycles. The van der Waals surface area contributed by atoms with E-state index in [1.54, 1.807) is 6.20 Å². The van der Waals surface area contributed by atoms with Crippen LogP contribution in [0.1, 0.15) is 0 Å². The van der Waals surface area contributed by atoms with Gasteiger partial charge in [-0.3, -0.25) is 0 Å². The van der Waals surface area contributed by atoms with Crippen molar-refractivity contribution < 1.29 is 0 Å². The molecule has 0 fully saturated rings. The highest BCUT2D eigenvalue weighted by molar-refractivity contribution is 7.71. The molecule has 0 radical (unpaired) electrons. The summed E-state index contributed by atoms with van der Waals surface area (Å²) in [6.07, 6.45) is 5.45. The van der Waals surface area contributed by atoms with Gasteiger partial charge in [-0.05, 0) is 24.3 Å². The third-order valence-corrected chi connectivity index (χ3v) is 2.90. The predicted molar refractivity (Wildman–Crippen MR) is 78.9 cm³/mol. The van der Waals surface area contributed by atoms with Gasteiger partial charge in [-0.15, -0.1) is 13.2 Å². The largest absolute Gasteiger partial charge is 0.302 e. The molecule has 2 aromatic heterocycles. The fourth-order valence-corrected chi connectivity index (χ4v) is 2.13. The fourth-order valence-electron chi connectivity index (χ4n) is 1.86. The second-order valence-electron chi connectivity index (χ2n) is 3.85. The number of rotatable bonds is 5. The zero-order chi connectivity index (χ0) is 13.0. The Balaban J connectivity index is 2.66. The number of hydrogen-bond donors (Lipinski definition) is 0. The van der Waals surface area contributed by atoms with Crippen LogP contribution in [-0.4, -0.2) is 22.7 Å². The van der Waals surface area contributed by atoms with Crippen molar-refractivity contribution in [2.24, 2.45) is 0 Å². The van der Waals surface area contributed by atoms with Crippen molar-refractivity contribution in [2.75, 3.05) is 18.1 Å². The van der Waals surface area contributed by atoms with Crippen LogP contribution in [0, 0.1) is 4.64 Å². The molecule has 0 unspecified atom stereocenters. The lowest BCUT2D eigenvalue weighted by Gasteiger charge is -2.25. The van der Waals surface area contributed by atoms with Gasteiger partial charge in [-0.25, -0.2) is 9.66 Å². The Bertz CT molecular complexity index is 620. The molecule has 0 aromatic carbocycles. The van der Waals surface area contributed by atoms with Crippen LogP contribution in [0.25, 0.3) is 11.0 Å². The molecule has 0 saturated heterocycles. The van der Waals surface area contributed by atoms with Gasteiger partial charge in [-0.2, -0.15) is 0 Å². The van der Waals surface area contributed by atoms with Crippen LogP contribution in [0.2, 0.25) is 0 Å². The average molecular weight is 257 g/mol. The highest BCUT2D eigenvalue weighted by atomic mass is 32.1. The number of pyridine rings is 2. The molecular formula is C14H15N3S. The van der Waals surface area contributed by atoms with E-state index in [9.17, 15) is 0 Å². The van der Waals surface area contributed by atoms with Crippen LogP contribution in [0.5, 0.6) is 0 Å². The lowest BCUT2D eigenvalue weighted by molar-refractivity contribution is 0.664. The molecule has 0 atom stereocenters. The molecule has 2 rings (SSSR count). The minimum absolute atomic E-state index is 0.690. The number of hydrogen-bond acceptors (Lipinski definition) is 3. The first kappa shape index (κ1) is 12.5. The number of fused-ring (bicyclic) bond motifs is 1. The summed E-state index contributed by atoms with van der Waals surface area (Å²) in [6.45, 7) is 8.93. The second-order valence-corrected chi connectivity index (χ2v) is 4.27. The molecule has 0 bridgehead atoms. The molecule has 18 heavy (non-hydrogen) atoms. The molecule has 2 aromatic rings. The van der Waals surface area contributed by atoms with Gasteiger partial charge < -0.3 is 5.01 Å². The lowest BCUT2D eigenvalue weighted by Crippen LogP contribution is -2.36. The Hall–Kier alpha value is -1.94. The van der Waals surface area contributed by atoms with Crippen molar-refractivity contribution >= 4 is 23.3 Å². The smallest absolute Gasteiger partial charge is 0.159 e.